The van der Waals surface area contributed by atoms with Crippen molar-refractivity contribution in [2.75, 3.05) is 47.0 Å². The van der Waals surface area contributed by atoms with Gasteiger partial charge in [-0.2, -0.15) is 13.2 Å². The molecule has 178 valence electrons. The minimum absolute atomic E-state index is 0.159. The van der Waals surface area contributed by atoms with Crippen LogP contribution in [0, 0.1) is 5.92 Å². The highest BCUT2D eigenvalue weighted by Gasteiger charge is 2.31. The van der Waals surface area contributed by atoms with Gasteiger partial charge >= 0.3 is 6.18 Å². The second kappa shape index (κ2) is 12.2. The largest absolute Gasteiger partial charge is 0.416 e. The lowest BCUT2D eigenvalue weighted by atomic mass is 9.87. The summed E-state index contributed by atoms with van der Waals surface area (Å²) in [6.07, 6.45) is 0.135. The molecule has 0 amide bonds. The number of ether oxygens (including phenoxy) is 2. The van der Waals surface area contributed by atoms with Gasteiger partial charge in [0.05, 0.1) is 23.2 Å². The monoisotopic (exact) mass is 466 g/mol. The van der Waals surface area contributed by atoms with Crippen molar-refractivity contribution in [1.82, 2.24) is 9.62 Å². The first kappa shape index (κ1) is 26.1. The van der Waals surface area contributed by atoms with Crippen molar-refractivity contribution < 1.29 is 31.1 Å². The number of halogens is 3. The van der Waals surface area contributed by atoms with E-state index in [0.717, 1.165) is 69.5 Å². The number of nitrogens with zero attached hydrogens (tertiary/aromatic N) is 1. The van der Waals surface area contributed by atoms with Crippen LogP contribution in [0.3, 0.4) is 0 Å². The maximum Gasteiger partial charge on any atom is 0.416 e. The quantitative estimate of drug-likeness (QED) is 0.478. The molecule has 0 aromatic heterocycles. The first-order valence-electron chi connectivity index (χ1n) is 10.6. The van der Waals surface area contributed by atoms with Gasteiger partial charge in [0, 0.05) is 33.4 Å². The van der Waals surface area contributed by atoms with Crippen molar-refractivity contribution in [3.63, 3.8) is 0 Å². The number of methoxy groups -OCH3 is 1. The zero-order chi connectivity index (χ0) is 22.9. The number of hydrogen-bond acceptors (Lipinski definition) is 5. The fourth-order valence-corrected chi connectivity index (χ4v) is 4.70. The number of likely N-dealkylation sites (N-methyl/N-ethyl adjacent to an activating group) is 1. The van der Waals surface area contributed by atoms with Gasteiger partial charge < -0.3 is 14.4 Å². The summed E-state index contributed by atoms with van der Waals surface area (Å²) in [5, 5.41) is 0. The van der Waals surface area contributed by atoms with E-state index in [1.54, 1.807) is 7.11 Å². The summed E-state index contributed by atoms with van der Waals surface area (Å²) in [6.45, 7) is 3.53. The normalized spacial score (nSPS) is 20.3. The fourth-order valence-electron chi connectivity index (χ4n) is 3.58. The van der Waals surface area contributed by atoms with Crippen molar-refractivity contribution in [2.24, 2.45) is 5.92 Å². The van der Waals surface area contributed by atoms with Crippen molar-refractivity contribution in [2.45, 2.75) is 49.3 Å². The van der Waals surface area contributed by atoms with Crippen LogP contribution in [0.1, 0.15) is 37.7 Å². The summed E-state index contributed by atoms with van der Waals surface area (Å²) in [7, 11) is -0.0911. The van der Waals surface area contributed by atoms with Crippen LogP contribution in [0.5, 0.6) is 0 Å². The molecule has 1 saturated carbocycles. The molecule has 0 bridgehead atoms. The number of benzene rings is 1. The predicted octanol–water partition coefficient (Wildman–Crippen LogP) is 3.53. The van der Waals surface area contributed by atoms with Gasteiger partial charge in [0.15, 0.2) is 0 Å². The molecule has 1 aromatic rings. The van der Waals surface area contributed by atoms with Crippen LogP contribution in [0.15, 0.2) is 29.2 Å². The molecule has 1 N–H and O–H groups in total. The molecule has 31 heavy (non-hydrogen) atoms. The van der Waals surface area contributed by atoms with E-state index in [1.165, 1.54) is 0 Å². The number of rotatable bonds is 12. The number of nitrogens with one attached hydrogen (secondary N) is 1. The summed E-state index contributed by atoms with van der Waals surface area (Å²) in [4.78, 5) is 2.04. The summed E-state index contributed by atoms with van der Waals surface area (Å²) in [6, 6.07) is 3.55. The van der Waals surface area contributed by atoms with Gasteiger partial charge in [-0.15, -0.1) is 0 Å². The molecule has 10 heteroatoms. The van der Waals surface area contributed by atoms with Gasteiger partial charge in [0.2, 0.25) is 10.0 Å². The average Bonchev–Trinajstić information content (AvgIpc) is 2.74. The highest BCUT2D eigenvalue weighted by Crippen LogP contribution is 2.30. The fraction of sp³-hybridized carbons (Fsp3) is 0.714. The Morgan fingerprint density at radius 1 is 1.06 bits per heavy atom. The molecular formula is C21H33F3N2O4S. The zero-order valence-corrected chi connectivity index (χ0v) is 19.0. The molecule has 0 aliphatic heterocycles. The molecule has 0 radical (unpaired) electrons. The molecule has 2 rings (SSSR count). The lowest BCUT2D eigenvalue weighted by Crippen LogP contribution is -2.33. The molecular weight excluding hydrogens is 433 g/mol. The van der Waals surface area contributed by atoms with Crippen molar-refractivity contribution in [3.05, 3.63) is 29.8 Å². The minimum Gasteiger partial charge on any atom is -0.383 e. The smallest absolute Gasteiger partial charge is 0.383 e. The van der Waals surface area contributed by atoms with Crippen LogP contribution in [0.4, 0.5) is 13.2 Å². The van der Waals surface area contributed by atoms with Crippen LogP contribution in [0.2, 0.25) is 0 Å². The second-order valence-electron chi connectivity index (χ2n) is 8.04. The number of sulfonamides is 1. The van der Waals surface area contributed by atoms with E-state index in [-0.39, 0.29) is 23.5 Å². The highest BCUT2D eigenvalue weighted by atomic mass is 32.2. The molecule has 0 heterocycles. The van der Waals surface area contributed by atoms with Gasteiger partial charge in [-0.3, -0.25) is 0 Å². The van der Waals surface area contributed by atoms with Gasteiger partial charge in [-0.1, -0.05) is 0 Å². The number of hydrogen-bond donors (Lipinski definition) is 1. The lowest BCUT2D eigenvalue weighted by Gasteiger charge is -2.29. The molecule has 0 unspecified atom stereocenters. The molecule has 1 aromatic carbocycles. The molecule has 0 spiro atoms. The second-order valence-corrected chi connectivity index (χ2v) is 9.80. The predicted molar refractivity (Wildman–Crippen MR) is 112 cm³/mol. The van der Waals surface area contributed by atoms with Gasteiger partial charge in [-0.05, 0) is 69.3 Å². The Balaban J connectivity index is 1.67. The third kappa shape index (κ3) is 9.05. The first-order valence-corrected chi connectivity index (χ1v) is 12.1. The Morgan fingerprint density at radius 2 is 1.71 bits per heavy atom. The van der Waals surface area contributed by atoms with E-state index in [4.69, 9.17) is 9.47 Å². The summed E-state index contributed by atoms with van der Waals surface area (Å²) < 4.78 is 76.2. The van der Waals surface area contributed by atoms with Crippen molar-refractivity contribution >= 4 is 10.0 Å². The summed E-state index contributed by atoms with van der Waals surface area (Å²) >= 11 is 0. The van der Waals surface area contributed by atoms with Crippen LogP contribution >= 0.6 is 0 Å². The van der Waals surface area contributed by atoms with Gasteiger partial charge in [-0.25, -0.2) is 13.1 Å². The Kier molecular flexibility index (Phi) is 10.2. The molecule has 1 aliphatic carbocycles. The van der Waals surface area contributed by atoms with Crippen LogP contribution in [0.25, 0.3) is 0 Å². The maximum absolute atomic E-state index is 12.6. The molecule has 0 atom stereocenters. The van der Waals surface area contributed by atoms with E-state index in [9.17, 15) is 21.6 Å². The molecule has 0 saturated heterocycles. The highest BCUT2D eigenvalue weighted by molar-refractivity contribution is 7.89. The van der Waals surface area contributed by atoms with Gasteiger partial charge in [0.25, 0.3) is 0 Å². The van der Waals surface area contributed by atoms with E-state index in [1.807, 2.05) is 0 Å². The summed E-state index contributed by atoms with van der Waals surface area (Å²) in [5.41, 5.74) is -0.869. The lowest BCUT2D eigenvalue weighted by molar-refractivity contribution is -0.137. The van der Waals surface area contributed by atoms with Gasteiger partial charge in [0.1, 0.15) is 0 Å². The average molecular weight is 467 g/mol. The maximum atomic E-state index is 12.6. The SMILES string of the molecule is COCCN(C)CCCOC1CCC(CNS(=O)(=O)c2ccc(C(F)(F)F)cc2)CC1. The zero-order valence-electron chi connectivity index (χ0n) is 18.2. The molecule has 1 aliphatic rings. The van der Waals surface area contributed by atoms with Crippen LogP contribution in [-0.4, -0.2) is 66.4 Å². The van der Waals surface area contributed by atoms with E-state index < -0.39 is 21.8 Å². The Hall–Kier alpha value is -1.20. The minimum atomic E-state index is -4.49. The Morgan fingerprint density at radius 3 is 2.29 bits per heavy atom. The van der Waals surface area contributed by atoms with E-state index in [2.05, 4.69) is 16.7 Å². The topological polar surface area (TPSA) is 67.9 Å². The van der Waals surface area contributed by atoms with Crippen molar-refractivity contribution in [3.8, 4) is 0 Å². The Labute approximate surface area is 183 Å². The third-order valence-electron chi connectivity index (χ3n) is 5.56. The van der Waals surface area contributed by atoms with Crippen LogP contribution < -0.4 is 4.72 Å². The van der Waals surface area contributed by atoms with E-state index in [0.29, 0.717) is 13.2 Å². The first-order chi connectivity index (χ1) is 14.6. The van der Waals surface area contributed by atoms with Crippen LogP contribution in [-0.2, 0) is 25.7 Å². The number of alkyl halides is 3. The summed E-state index contributed by atoms with van der Waals surface area (Å²) in [5.74, 6) is 0.198. The van der Waals surface area contributed by atoms with Crippen molar-refractivity contribution in [1.29, 1.82) is 0 Å². The Bertz CT molecular complexity index is 749. The molecule has 6 nitrogen and oxygen atoms in total. The standard InChI is InChI=1S/C21H33F3N2O4S/c1-26(13-15-29-2)12-3-14-30-19-8-4-17(5-9-19)16-25-31(27,28)20-10-6-18(7-11-20)21(22,23)24/h6-7,10-11,17,19,25H,3-5,8-9,12-16H2,1-2H3. The molecule has 1 fully saturated rings. The third-order valence-corrected chi connectivity index (χ3v) is 7.00. The van der Waals surface area contributed by atoms with E-state index >= 15 is 0 Å².